The van der Waals surface area contributed by atoms with Crippen LogP contribution < -0.4 is 0 Å². The second-order valence-electron chi connectivity index (χ2n) is 21.5. The van der Waals surface area contributed by atoms with Crippen LogP contribution in [0.15, 0.2) is 24.3 Å². The molecular weight excluding hydrogens is 945 g/mol. The highest BCUT2D eigenvalue weighted by Crippen LogP contribution is 2.27. The van der Waals surface area contributed by atoms with Crippen LogP contribution in [0.5, 0.6) is 0 Å². The minimum absolute atomic E-state index is 0.0655. The number of aliphatic hydroxyl groups excluding tert-OH is 7. The van der Waals surface area contributed by atoms with Crippen LogP contribution in [-0.2, 0) is 33.2 Å². The number of rotatable bonds is 50. The van der Waals surface area contributed by atoms with E-state index in [4.69, 9.17) is 28.4 Å². The van der Waals surface area contributed by atoms with Crippen LogP contribution in [-0.4, -0.2) is 142 Å². The van der Waals surface area contributed by atoms with E-state index in [1.165, 1.54) is 180 Å². The number of hydrogen-bond donors (Lipinski definition) is 7. The molecule has 11 unspecified atom stereocenters. The normalized spacial score (nSPS) is 24.9. The fraction of sp³-hybridized carbons (Fsp3) is 0.917. The first-order valence-electron chi connectivity index (χ1n) is 30.4. The molecule has 0 saturated carbocycles. The van der Waals surface area contributed by atoms with Gasteiger partial charge in [0.05, 0.1) is 26.4 Å². The molecule has 0 spiro atoms. The Balaban J connectivity index is 1.68. The number of carbonyl (C=O) groups is 1. The summed E-state index contributed by atoms with van der Waals surface area (Å²) in [5.41, 5.74) is 0. The van der Waals surface area contributed by atoms with Crippen LogP contribution in [0, 0.1) is 0 Å². The Morgan fingerprint density at radius 1 is 0.446 bits per heavy atom. The maximum atomic E-state index is 13.1. The Labute approximate surface area is 449 Å². The summed E-state index contributed by atoms with van der Waals surface area (Å²) in [6, 6.07) is 0. The number of esters is 1. The van der Waals surface area contributed by atoms with Gasteiger partial charge in [0.2, 0.25) is 0 Å². The molecule has 14 heteroatoms. The summed E-state index contributed by atoms with van der Waals surface area (Å²) in [6.07, 6.45) is 38.1. The first-order valence-corrected chi connectivity index (χ1v) is 30.4. The summed E-state index contributed by atoms with van der Waals surface area (Å²) in [4.78, 5) is 13.1. The molecule has 2 aliphatic heterocycles. The Bertz CT molecular complexity index is 1320. The highest BCUT2D eigenvalue weighted by molar-refractivity contribution is 5.69. The molecule has 0 bridgehead atoms. The Kier molecular flexibility index (Phi) is 44.0. The molecule has 0 aromatic rings. The van der Waals surface area contributed by atoms with Crippen LogP contribution in [0.2, 0.25) is 0 Å². The smallest absolute Gasteiger partial charge is 0.306 e. The van der Waals surface area contributed by atoms with Crippen LogP contribution >= 0.6 is 0 Å². The van der Waals surface area contributed by atoms with Gasteiger partial charge in [0, 0.05) is 13.0 Å². The van der Waals surface area contributed by atoms with Gasteiger partial charge in [-0.15, -0.1) is 0 Å². The maximum absolute atomic E-state index is 13.1. The van der Waals surface area contributed by atoms with Crippen LogP contribution in [0.3, 0.4) is 0 Å². The molecule has 0 radical (unpaired) electrons. The van der Waals surface area contributed by atoms with Crippen molar-refractivity contribution in [1.29, 1.82) is 0 Å². The van der Waals surface area contributed by atoms with Crippen molar-refractivity contribution in [3.63, 3.8) is 0 Å². The molecule has 2 saturated heterocycles. The Morgan fingerprint density at radius 2 is 0.838 bits per heavy atom. The van der Waals surface area contributed by atoms with Crippen LogP contribution in [0.4, 0.5) is 0 Å². The van der Waals surface area contributed by atoms with Gasteiger partial charge in [0.25, 0.3) is 0 Å². The van der Waals surface area contributed by atoms with Gasteiger partial charge in [-0.3, -0.25) is 4.79 Å². The van der Waals surface area contributed by atoms with Crippen molar-refractivity contribution in [3.05, 3.63) is 24.3 Å². The molecule has 74 heavy (non-hydrogen) atoms. The molecule has 11 atom stereocenters. The van der Waals surface area contributed by atoms with Gasteiger partial charge in [-0.25, -0.2) is 0 Å². The lowest BCUT2D eigenvalue weighted by Gasteiger charge is -2.42. The fourth-order valence-electron chi connectivity index (χ4n) is 9.79. The monoisotopic (exact) mass is 1060 g/mol. The quantitative estimate of drug-likeness (QED) is 0.0172. The van der Waals surface area contributed by atoms with E-state index in [1.807, 2.05) is 0 Å². The van der Waals surface area contributed by atoms with E-state index < -0.39 is 80.7 Å². The second kappa shape index (κ2) is 47.5. The molecule has 2 fully saturated rings. The number of carbonyl (C=O) groups excluding carboxylic acids is 1. The predicted molar refractivity (Wildman–Crippen MR) is 294 cm³/mol. The highest BCUT2D eigenvalue weighted by atomic mass is 16.7. The Morgan fingerprint density at radius 3 is 1.30 bits per heavy atom. The third-order valence-electron chi connectivity index (χ3n) is 14.7. The molecule has 2 heterocycles. The lowest BCUT2D eigenvalue weighted by atomic mass is 9.98. The average molecular weight is 1060 g/mol. The zero-order valence-electron chi connectivity index (χ0n) is 46.8. The van der Waals surface area contributed by atoms with E-state index in [2.05, 4.69) is 38.2 Å². The summed E-state index contributed by atoms with van der Waals surface area (Å²) in [7, 11) is 0. The average Bonchev–Trinajstić information content (AvgIpc) is 3.40. The minimum atomic E-state index is -1.70. The lowest BCUT2D eigenvalue weighted by molar-refractivity contribution is -0.332. The first kappa shape index (κ1) is 68.6. The topological polar surface area (TPSA) is 214 Å². The zero-order chi connectivity index (χ0) is 53.7. The van der Waals surface area contributed by atoms with Gasteiger partial charge in [0.1, 0.15) is 54.9 Å². The molecule has 2 aliphatic rings. The Hall–Kier alpha value is -1.53. The second-order valence-corrected chi connectivity index (χ2v) is 21.5. The van der Waals surface area contributed by atoms with E-state index in [9.17, 15) is 40.5 Å². The standard InChI is InChI=1S/C60H112O14/c1-3-5-7-9-11-13-15-17-19-21-22-23-24-25-26-27-28-30-32-34-36-38-40-42-44-69-46-49(72-52(62)43-41-39-37-35-33-31-29-20-18-16-14-12-10-8-6-4-2)47-70-59-58(68)56(66)54(64)51(74-59)48-71-60-57(67)55(65)53(63)50(45-61)73-60/h15,17,21-22,49-51,53-61,63-68H,3-14,16,18-20,23-48H2,1-2H3/b17-15-,22-21-. The van der Waals surface area contributed by atoms with Gasteiger partial charge < -0.3 is 64.2 Å². The zero-order valence-corrected chi connectivity index (χ0v) is 46.8. The van der Waals surface area contributed by atoms with E-state index >= 15 is 0 Å². The van der Waals surface area contributed by atoms with E-state index in [-0.39, 0.29) is 25.6 Å². The maximum Gasteiger partial charge on any atom is 0.306 e. The summed E-state index contributed by atoms with van der Waals surface area (Å²) >= 11 is 0. The molecule has 0 aromatic heterocycles. The first-order chi connectivity index (χ1) is 36.1. The third-order valence-corrected chi connectivity index (χ3v) is 14.7. The van der Waals surface area contributed by atoms with E-state index in [0.29, 0.717) is 13.0 Å². The molecule has 436 valence electrons. The van der Waals surface area contributed by atoms with Crippen molar-refractivity contribution in [2.45, 2.75) is 319 Å². The number of allylic oxidation sites excluding steroid dienone is 4. The summed E-state index contributed by atoms with van der Waals surface area (Å²) in [6.45, 7) is 3.73. The summed E-state index contributed by atoms with van der Waals surface area (Å²) in [5.74, 6) is -0.371. The lowest BCUT2D eigenvalue weighted by Crippen LogP contribution is -2.61. The van der Waals surface area contributed by atoms with Crippen molar-refractivity contribution >= 4 is 5.97 Å². The van der Waals surface area contributed by atoms with Crippen molar-refractivity contribution in [2.75, 3.05) is 33.0 Å². The molecule has 0 aromatic carbocycles. The molecule has 14 nitrogen and oxygen atoms in total. The largest absolute Gasteiger partial charge is 0.457 e. The van der Waals surface area contributed by atoms with Crippen LogP contribution in [0.1, 0.15) is 251 Å². The molecule has 0 aliphatic carbocycles. The third kappa shape index (κ3) is 33.7. The fourth-order valence-corrected chi connectivity index (χ4v) is 9.79. The molecular formula is C60H112O14. The van der Waals surface area contributed by atoms with Crippen molar-refractivity contribution in [2.24, 2.45) is 0 Å². The van der Waals surface area contributed by atoms with Gasteiger partial charge in [0.15, 0.2) is 12.6 Å². The summed E-state index contributed by atoms with van der Waals surface area (Å²) < 4.78 is 34.4. The molecule has 2 rings (SSSR count). The van der Waals surface area contributed by atoms with Crippen molar-refractivity contribution in [3.8, 4) is 0 Å². The molecule has 7 N–H and O–H groups in total. The highest BCUT2D eigenvalue weighted by Gasteiger charge is 2.47. The van der Waals surface area contributed by atoms with Gasteiger partial charge >= 0.3 is 5.97 Å². The van der Waals surface area contributed by atoms with Crippen molar-refractivity contribution < 1.29 is 69.0 Å². The number of ether oxygens (including phenoxy) is 6. The SMILES string of the molecule is CCCCCCC/C=C\C/C=C\CCCCCCCCCCCCCCOCC(COC1OC(COC2OC(CO)C(O)C(O)C2O)C(O)C(O)C1O)OC(=O)CCCCCCCCCCCCCCCCCC. The van der Waals surface area contributed by atoms with E-state index in [0.717, 1.165) is 44.9 Å². The summed E-state index contributed by atoms with van der Waals surface area (Å²) in [5, 5.41) is 72.4. The number of aliphatic hydroxyl groups is 7. The predicted octanol–water partition coefficient (Wildman–Crippen LogP) is 11.1. The molecule has 0 amide bonds. The van der Waals surface area contributed by atoms with Gasteiger partial charge in [-0.2, -0.15) is 0 Å². The van der Waals surface area contributed by atoms with E-state index in [1.54, 1.807) is 0 Å². The van der Waals surface area contributed by atoms with Crippen molar-refractivity contribution in [1.82, 2.24) is 0 Å². The number of unbranched alkanes of at least 4 members (excludes halogenated alkanes) is 32. The van der Waals surface area contributed by atoms with Gasteiger partial charge in [-0.1, -0.05) is 224 Å². The number of hydrogen-bond acceptors (Lipinski definition) is 14. The van der Waals surface area contributed by atoms with Crippen LogP contribution in [0.25, 0.3) is 0 Å². The van der Waals surface area contributed by atoms with Gasteiger partial charge in [-0.05, 0) is 44.9 Å². The minimum Gasteiger partial charge on any atom is -0.457 e.